The van der Waals surface area contributed by atoms with Crippen LogP contribution >= 0.6 is 0 Å². The highest BCUT2D eigenvalue weighted by Crippen LogP contribution is 2.20. The quantitative estimate of drug-likeness (QED) is 0.884. The highest BCUT2D eigenvalue weighted by molar-refractivity contribution is 5.89. The van der Waals surface area contributed by atoms with Crippen molar-refractivity contribution in [1.29, 1.82) is 5.26 Å². The van der Waals surface area contributed by atoms with E-state index in [1.165, 1.54) is 6.42 Å². The molecule has 19 heavy (non-hydrogen) atoms. The number of benzene rings is 1. The SMILES string of the molecule is CCC1CCCN(C(=O)Nc2ccc(C#N)cc2)C1. The average Bonchev–Trinajstić information content (AvgIpc) is 2.48. The van der Waals surface area contributed by atoms with Crippen LogP contribution in [0.1, 0.15) is 31.7 Å². The highest BCUT2D eigenvalue weighted by Gasteiger charge is 2.22. The Morgan fingerprint density at radius 2 is 2.21 bits per heavy atom. The summed E-state index contributed by atoms with van der Waals surface area (Å²) in [6, 6.07) is 8.96. The fourth-order valence-corrected chi connectivity index (χ4v) is 2.41. The van der Waals surface area contributed by atoms with Crippen molar-refractivity contribution in [3.63, 3.8) is 0 Å². The number of piperidine rings is 1. The maximum Gasteiger partial charge on any atom is 0.321 e. The molecule has 0 spiro atoms. The zero-order chi connectivity index (χ0) is 13.7. The van der Waals surface area contributed by atoms with Gasteiger partial charge in [-0.15, -0.1) is 0 Å². The molecular weight excluding hydrogens is 238 g/mol. The summed E-state index contributed by atoms with van der Waals surface area (Å²) in [4.78, 5) is 14.0. The molecule has 1 unspecified atom stereocenters. The van der Waals surface area contributed by atoms with Gasteiger partial charge in [-0.3, -0.25) is 0 Å². The number of rotatable bonds is 2. The molecule has 1 atom stereocenters. The van der Waals surface area contributed by atoms with E-state index >= 15 is 0 Å². The number of likely N-dealkylation sites (tertiary alicyclic amines) is 1. The van der Waals surface area contributed by atoms with Gasteiger partial charge in [-0.2, -0.15) is 5.26 Å². The number of anilines is 1. The first-order valence-corrected chi connectivity index (χ1v) is 6.79. The van der Waals surface area contributed by atoms with Crippen molar-refractivity contribution in [3.8, 4) is 6.07 Å². The minimum atomic E-state index is -0.0390. The summed E-state index contributed by atoms with van der Waals surface area (Å²) in [5, 5.41) is 11.6. The summed E-state index contributed by atoms with van der Waals surface area (Å²) < 4.78 is 0. The van der Waals surface area contributed by atoms with Crippen molar-refractivity contribution in [3.05, 3.63) is 29.8 Å². The third kappa shape index (κ3) is 3.47. The summed E-state index contributed by atoms with van der Waals surface area (Å²) >= 11 is 0. The molecule has 1 aromatic rings. The number of carbonyl (C=O) groups excluding carboxylic acids is 1. The van der Waals surface area contributed by atoms with Crippen molar-refractivity contribution in [2.45, 2.75) is 26.2 Å². The number of nitriles is 1. The van der Waals surface area contributed by atoms with Crippen molar-refractivity contribution in [2.75, 3.05) is 18.4 Å². The van der Waals surface area contributed by atoms with E-state index in [0.717, 1.165) is 31.6 Å². The fraction of sp³-hybridized carbons (Fsp3) is 0.467. The lowest BCUT2D eigenvalue weighted by molar-refractivity contribution is 0.176. The molecule has 0 bridgehead atoms. The van der Waals surface area contributed by atoms with Crippen LogP contribution in [0.2, 0.25) is 0 Å². The first kappa shape index (κ1) is 13.4. The van der Waals surface area contributed by atoms with Crippen LogP contribution in [0.25, 0.3) is 0 Å². The lowest BCUT2D eigenvalue weighted by Crippen LogP contribution is -2.42. The Balaban J connectivity index is 1.94. The predicted molar refractivity (Wildman–Crippen MR) is 74.8 cm³/mol. The van der Waals surface area contributed by atoms with E-state index in [2.05, 4.69) is 18.3 Å². The molecule has 1 N–H and O–H groups in total. The third-order valence-electron chi connectivity index (χ3n) is 3.65. The number of hydrogen-bond donors (Lipinski definition) is 1. The Morgan fingerprint density at radius 3 is 2.84 bits per heavy atom. The number of carbonyl (C=O) groups is 1. The summed E-state index contributed by atoms with van der Waals surface area (Å²) in [7, 11) is 0. The molecule has 0 aliphatic carbocycles. The molecule has 1 aliphatic heterocycles. The fourth-order valence-electron chi connectivity index (χ4n) is 2.41. The minimum Gasteiger partial charge on any atom is -0.324 e. The van der Waals surface area contributed by atoms with Gasteiger partial charge in [0.2, 0.25) is 0 Å². The predicted octanol–water partition coefficient (Wildman–Crippen LogP) is 3.21. The van der Waals surface area contributed by atoms with Gasteiger partial charge in [0.15, 0.2) is 0 Å². The van der Waals surface area contributed by atoms with Crippen LogP contribution < -0.4 is 5.32 Å². The van der Waals surface area contributed by atoms with Gasteiger partial charge >= 0.3 is 6.03 Å². The van der Waals surface area contributed by atoms with Crippen molar-refractivity contribution < 1.29 is 4.79 Å². The molecule has 2 rings (SSSR count). The Labute approximate surface area is 114 Å². The molecule has 1 fully saturated rings. The minimum absolute atomic E-state index is 0.0390. The van der Waals surface area contributed by atoms with Gasteiger partial charge in [-0.1, -0.05) is 13.3 Å². The van der Waals surface area contributed by atoms with Crippen molar-refractivity contribution >= 4 is 11.7 Å². The van der Waals surface area contributed by atoms with E-state index in [1.54, 1.807) is 24.3 Å². The lowest BCUT2D eigenvalue weighted by atomic mass is 9.96. The molecule has 0 aromatic heterocycles. The monoisotopic (exact) mass is 257 g/mol. The second kappa shape index (κ2) is 6.24. The van der Waals surface area contributed by atoms with Crippen LogP contribution in [-0.4, -0.2) is 24.0 Å². The Kier molecular flexibility index (Phi) is 4.40. The molecule has 2 amide bonds. The summed E-state index contributed by atoms with van der Waals surface area (Å²) in [6.45, 7) is 3.85. The molecule has 4 heteroatoms. The Bertz CT molecular complexity index is 475. The summed E-state index contributed by atoms with van der Waals surface area (Å²) in [5.41, 5.74) is 1.34. The van der Waals surface area contributed by atoms with Gasteiger partial charge in [-0.05, 0) is 43.0 Å². The van der Waals surface area contributed by atoms with E-state index < -0.39 is 0 Å². The van der Waals surface area contributed by atoms with Gasteiger partial charge in [0.05, 0.1) is 11.6 Å². The van der Waals surface area contributed by atoms with Crippen LogP contribution in [0.3, 0.4) is 0 Å². The van der Waals surface area contributed by atoms with E-state index in [0.29, 0.717) is 11.5 Å². The van der Waals surface area contributed by atoms with E-state index in [9.17, 15) is 4.79 Å². The molecular formula is C15H19N3O. The number of urea groups is 1. The van der Waals surface area contributed by atoms with Crippen LogP contribution in [0.5, 0.6) is 0 Å². The molecule has 1 saturated heterocycles. The highest BCUT2D eigenvalue weighted by atomic mass is 16.2. The van der Waals surface area contributed by atoms with Gasteiger partial charge in [0.25, 0.3) is 0 Å². The zero-order valence-electron chi connectivity index (χ0n) is 11.2. The van der Waals surface area contributed by atoms with Gasteiger partial charge < -0.3 is 10.2 Å². The summed E-state index contributed by atoms with van der Waals surface area (Å²) in [5.74, 6) is 0.625. The Hall–Kier alpha value is -2.02. The van der Waals surface area contributed by atoms with Crippen LogP contribution in [-0.2, 0) is 0 Å². The standard InChI is InChI=1S/C15H19N3O/c1-2-12-4-3-9-18(11-12)15(19)17-14-7-5-13(10-16)6-8-14/h5-8,12H,2-4,9,11H2,1H3,(H,17,19). The van der Waals surface area contributed by atoms with Crippen LogP contribution in [0.4, 0.5) is 10.5 Å². The number of hydrogen-bond acceptors (Lipinski definition) is 2. The molecule has 1 heterocycles. The largest absolute Gasteiger partial charge is 0.324 e. The molecule has 0 radical (unpaired) electrons. The Morgan fingerprint density at radius 1 is 1.47 bits per heavy atom. The van der Waals surface area contributed by atoms with E-state index in [-0.39, 0.29) is 6.03 Å². The molecule has 1 aromatic carbocycles. The third-order valence-corrected chi connectivity index (χ3v) is 3.65. The first-order chi connectivity index (χ1) is 9.22. The van der Waals surface area contributed by atoms with Gasteiger partial charge in [-0.25, -0.2) is 4.79 Å². The maximum atomic E-state index is 12.1. The van der Waals surface area contributed by atoms with Crippen molar-refractivity contribution in [2.24, 2.45) is 5.92 Å². The van der Waals surface area contributed by atoms with E-state index in [1.807, 2.05) is 4.90 Å². The topological polar surface area (TPSA) is 56.1 Å². The van der Waals surface area contributed by atoms with Crippen LogP contribution in [0, 0.1) is 17.2 Å². The second-order valence-electron chi connectivity index (χ2n) is 4.98. The lowest BCUT2D eigenvalue weighted by Gasteiger charge is -2.32. The van der Waals surface area contributed by atoms with Crippen molar-refractivity contribution in [1.82, 2.24) is 4.90 Å². The number of nitrogens with zero attached hydrogens (tertiary/aromatic N) is 2. The number of amides is 2. The van der Waals surface area contributed by atoms with E-state index in [4.69, 9.17) is 5.26 Å². The first-order valence-electron chi connectivity index (χ1n) is 6.79. The van der Waals surface area contributed by atoms with Crippen LogP contribution in [0.15, 0.2) is 24.3 Å². The van der Waals surface area contributed by atoms with Gasteiger partial charge in [0.1, 0.15) is 0 Å². The maximum absolute atomic E-state index is 12.1. The molecule has 4 nitrogen and oxygen atoms in total. The molecule has 0 saturated carbocycles. The number of nitrogens with one attached hydrogen (secondary N) is 1. The summed E-state index contributed by atoms with van der Waals surface area (Å²) in [6.07, 6.45) is 3.43. The van der Waals surface area contributed by atoms with Gasteiger partial charge in [0, 0.05) is 18.8 Å². The smallest absolute Gasteiger partial charge is 0.321 e. The second-order valence-corrected chi connectivity index (χ2v) is 4.98. The average molecular weight is 257 g/mol. The zero-order valence-corrected chi connectivity index (χ0v) is 11.2. The normalized spacial score (nSPS) is 18.7. The molecule has 100 valence electrons. The molecule has 1 aliphatic rings.